The van der Waals surface area contributed by atoms with Crippen molar-refractivity contribution in [2.45, 2.75) is 19.9 Å². The van der Waals surface area contributed by atoms with E-state index in [0.717, 1.165) is 11.1 Å². The number of hydrogen-bond acceptors (Lipinski definition) is 7. The molecule has 2 aromatic heterocycles. The van der Waals surface area contributed by atoms with Crippen LogP contribution in [0.5, 0.6) is 11.5 Å². The first-order chi connectivity index (χ1) is 17.6. The third kappa shape index (κ3) is 4.38. The standard InChI is InChI=1S/C27H26N6O3/c1-4-36-20-14-13-19(16-21(20)35-3)24-23(26(34)30-22-12-8-9-15-28-22)17(2)29-27-31-25(32-33(24)27)18-10-6-5-7-11-18/h5-16,24H,4H2,1-3H3,(H,28,30,34)(H,29,31,32). The predicted octanol–water partition coefficient (Wildman–Crippen LogP) is 4.68. The number of ether oxygens (including phenoxy) is 2. The molecule has 1 aliphatic rings. The van der Waals surface area contributed by atoms with Crippen molar-refractivity contribution in [1.82, 2.24) is 19.7 Å². The van der Waals surface area contributed by atoms with Gasteiger partial charge >= 0.3 is 0 Å². The lowest BCUT2D eigenvalue weighted by Crippen LogP contribution is -2.31. The molecule has 5 rings (SSSR count). The average molecular weight is 483 g/mol. The zero-order valence-corrected chi connectivity index (χ0v) is 20.2. The number of benzene rings is 2. The Kier molecular flexibility index (Phi) is 6.36. The van der Waals surface area contributed by atoms with Crippen molar-refractivity contribution in [3.8, 4) is 22.9 Å². The van der Waals surface area contributed by atoms with E-state index >= 15 is 0 Å². The second-order valence-corrected chi connectivity index (χ2v) is 8.15. The lowest BCUT2D eigenvalue weighted by Gasteiger charge is -2.29. The number of nitrogens with zero attached hydrogens (tertiary/aromatic N) is 4. The third-order valence-corrected chi connectivity index (χ3v) is 5.84. The van der Waals surface area contributed by atoms with Crippen LogP contribution in [-0.2, 0) is 4.79 Å². The summed E-state index contributed by atoms with van der Waals surface area (Å²) in [5.41, 5.74) is 2.83. The average Bonchev–Trinajstić information content (AvgIpc) is 3.33. The SMILES string of the molecule is CCOc1ccc(C2C(C(=O)Nc3ccccn3)=C(C)Nc3nc(-c4ccccc4)nn32)cc1OC. The number of allylic oxidation sites excluding steroid dienone is 1. The van der Waals surface area contributed by atoms with Gasteiger partial charge in [-0.15, -0.1) is 5.10 Å². The number of fused-ring (bicyclic) bond motifs is 1. The highest BCUT2D eigenvalue weighted by atomic mass is 16.5. The second kappa shape index (κ2) is 9.91. The lowest BCUT2D eigenvalue weighted by atomic mass is 9.94. The molecule has 9 heteroatoms. The highest BCUT2D eigenvalue weighted by molar-refractivity contribution is 6.05. The Bertz CT molecular complexity index is 1420. The van der Waals surface area contributed by atoms with Crippen molar-refractivity contribution in [2.75, 3.05) is 24.4 Å². The summed E-state index contributed by atoms with van der Waals surface area (Å²) in [6, 6.07) is 20.1. The molecular formula is C27H26N6O3. The van der Waals surface area contributed by atoms with Gasteiger partial charge in [-0.1, -0.05) is 42.5 Å². The van der Waals surface area contributed by atoms with E-state index in [1.54, 1.807) is 30.1 Å². The number of hydrogen-bond donors (Lipinski definition) is 2. The summed E-state index contributed by atoms with van der Waals surface area (Å²) in [6.45, 7) is 4.28. The summed E-state index contributed by atoms with van der Waals surface area (Å²) in [7, 11) is 1.59. The molecule has 1 aliphatic heterocycles. The Morgan fingerprint density at radius 2 is 1.89 bits per heavy atom. The smallest absolute Gasteiger partial charge is 0.257 e. The molecule has 0 bridgehead atoms. The zero-order chi connectivity index (χ0) is 25.1. The number of pyridine rings is 1. The van der Waals surface area contributed by atoms with Gasteiger partial charge in [0.1, 0.15) is 11.9 Å². The molecule has 1 unspecified atom stereocenters. The van der Waals surface area contributed by atoms with Gasteiger partial charge in [0, 0.05) is 17.5 Å². The van der Waals surface area contributed by atoms with Crippen LogP contribution in [0.15, 0.2) is 84.2 Å². The molecule has 36 heavy (non-hydrogen) atoms. The van der Waals surface area contributed by atoms with Gasteiger partial charge in [-0.3, -0.25) is 4.79 Å². The normalized spacial score (nSPS) is 14.6. The summed E-state index contributed by atoms with van der Waals surface area (Å²) in [6.07, 6.45) is 1.63. The topological polar surface area (TPSA) is 103 Å². The Labute approximate surface area is 208 Å². The quantitative estimate of drug-likeness (QED) is 0.394. The lowest BCUT2D eigenvalue weighted by molar-refractivity contribution is -0.113. The number of methoxy groups -OCH3 is 1. The van der Waals surface area contributed by atoms with Crippen LogP contribution in [-0.4, -0.2) is 39.4 Å². The van der Waals surface area contributed by atoms with Crippen LogP contribution < -0.4 is 20.1 Å². The van der Waals surface area contributed by atoms with Crippen LogP contribution in [0.4, 0.5) is 11.8 Å². The van der Waals surface area contributed by atoms with Crippen LogP contribution in [0, 0.1) is 0 Å². The van der Waals surface area contributed by atoms with E-state index in [1.807, 2.05) is 68.4 Å². The van der Waals surface area contributed by atoms with Crippen LogP contribution in [0.25, 0.3) is 11.4 Å². The molecule has 0 aliphatic carbocycles. The fourth-order valence-electron chi connectivity index (χ4n) is 4.21. The number of anilines is 2. The third-order valence-electron chi connectivity index (χ3n) is 5.84. The van der Waals surface area contributed by atoms with Gasteiger partial charge in [0.05, 0.1) is 19.3 Å². The molecule has 2 aromatic carbocycles. The summed E-state index contributed by atoms with van der Waals surface area (Å²) < 4.78 is 13.0. The van der Waals surface area contributed by atoms with E-state index in [-0.39, 0.29) is 5.91 Å². The van der Waals surface area contributed by atoms with Crippen LogP contribution in [0.2, 0.25) is 0 Å². The largest absolute Gasteiger partial charge is 0.493 e. The van der Waals surface area contributed by atoms with Gasteiger partial charge in [0.25, 0.3) is 5.91 Å². The number of rotatable bonds is 7. The molecule has 2 N–H and O–H groups in total. The highest BCUT2D eigenvalue weighted by Crippen LogP contribution is 2.39. The predicted molar refractivity (Wildman–Crippen MR) is 137 cm³/mol. The molecule has 4 aromatic rings. The molecule has 0 saturated carbocycles. The van der Waals surface area contributed by atoms with Crippen molar-refractivity contribution in [3.05, 3.63) is 89.8 Å². The first kappa shape index (κ1) is 23.1. The summed E-state index contributed by atoms with van der Waals surface area (Å²) in [4.78, 5) is 22.6. The molecule has 182 valence electrons. The second-order valence-electron chi connectivity index (χ2n) is 8.15. The first-order valence-corrected chi connectivity index (χ1v) is 11.6. The Morgan fingerprint density at radius 3 is 2.61 bits per heavy atom. The van der Waals surface area contributed by atoms with Crippen molar-refractivity contribution < 1.29 is 14.3 Å². The van der Waals surface area contributed by atoms with Crippen LogP contribution in [0.3, 0.4) is 0 Å². The van der Waals surface area contributed by atoms with Gasteiger partial charge in [0.15, 0.2) is 17.3 Å². The minimum atomic E-state index is -0.570. The Morgan fingerprint density at radius 1 is 1.08 bits per heavy atom. The Balaban J connectivity index is 1.63. The minimum Gasteiger partial charge on any atom is -0.493 e. The molecule has 0 spiro atoms. The molecule has 9 nitrogen and oxygen atoms in total. The van der Waals surface area contributed by atoms with Crippen LogP contribution >= 0.6 is 0 Å². The molecule has 1 amide bonds. The van der Waals surface area contributed by atoms with Crippen molar-refractivity contribution >= 4 is 17.7 Å². The molecule has 0 saturated heterocycles. The van der Waals surface area contributed by atoms with E-state index < -0.39 is 6.04 Å². The fourth-order valence-corrected chi connectivity index (χ4v) is 4.21. The van der Waals surface area contributed by atoms with E-state index in [0.29, 0.717) is 47.0 Å². The number of aromatic nitrogens is 4. The molecular weight excluding hydrogens is 456 g/mol. The van der Waals surface area contributed by atoms with Crippen molar-refractivity contribution in [2.24, 2.45) is 0 Å². The number of carbonyl (C=O) groups is 1. The van der Waals surface area contributed by atoms with E-state index in [9.17, 15) is 4.79 Å². The first-order valence-electron chi connectivity index (χ1n) is 11.6. The molecule has 3 heterocycles. The highest BCUT2D eigenvalue weighted by Gasteiger charge is 2.35. The van der Waals surface area contributed by atoms with Gasteiger partial charge in [-0.2, -0.15) is 4.98 Å². The van der Waals surface area contributed by atoms with Crippen LogP contribution in [0.1, 0.15) is 25.5 Å². The van der Waals surface area contributed by atoms with Gasteiger partial charge in [-0.05, 0) is 43.7 Å². The van der Waals surface area contributed by atoms with E-state index in [1.165, 1.54) is 0 Å². The van der Waals surface area contributed by atoms with Crippen molar-refractivity contribution in [1.29, 1.82) is 0 Å². The minimum absolute atomic E-state index is 0.293. The van der Waals surface area contributed by atoms with E-state index in [2.05, 4.69) is 15.6 Å². The summed E-state index contributed by atoms with van der Waals surface area (Å²) >= 11 is 0. The zero-order valence-electron chi connectivity index (χ0n) is 20.2. The fraction of sp³-hybridized carbons (Fsp3) is 0.185. The number of carbonyl (C=O) groups excluding carboxylic acids is 1. The van der Waals surface area contributed by atoms with E-state index in [4.69, 9.17) is 19.6 Å². The Hall–Kier alpha value is -4.66. The van der Waals surface area contributed by atoms with Gasteiger partial charge < -0.3 is 20.1 Å². The maximum Gasteiger partial charge on any atom is 0.257 e. The molecule has 0 fully saturated rings. The summed E-state index contributed by atoms with van der Waals surface area (Å²) in [5, 5.41) is 11.0. The maximum atomic E-state index is 13.6. The van der Waals surface area contributed by atoms with Gasteiger partial charge in [-0.25, -0.2) is 9.67 Å². The van der Waals surface area contributed by atoms with Crippen molar-refractivity contribution in [3.63, 3.8) is 0 Å². The monoisotopic (exact) mass is 482 g/mol. The maximum absolute atomic E-state index is 13.6. The molecule has 1 atom stereocenters. The number of nitrogens with one attached hydrogen (secondary N) is 2. The summed E-state index contributed by atoms with van der Waals surface area (Å²) in [5.74, 6) is 2.46. The van der Waals surface area contributed by atoms with Gasteiger partial charge in [0.2, 0.25) is 5.95 Å². The number of amides is 1. The molecule has 0 radical (unpaired) electrons.